The minimum atomic E-state index is -0.666. The number of rotatable bonds is 7. The lowest BCUT2D eigenvalue weighted by molar-refractivity contribution is -0.119. The first-order valence-corrected chi connectivity index (χ1v) is 9.26. The van der Waals surface area contributed by atoms with Crippen molar-refractivity contribution in [3.63, 3.8) is 0 Å². The van der Waals surface area contributed by atoms with Crippen LogP contribution in [0.3, 0.4) is 0 Å². The highest BCUT2D eigenvalue weighted by atomic mass is 16.5. The van der Waals surface area contributed by atoms with Crippen LogP contribution in [-0.2, 0) is 16.0 Å². The SMILES string of the molecule is CCCc1cc(C(=O)OCC(=O)Nc2cc(C)nn2-c2nc(C)cc(C)n2)n[nH]1. The monoisotopic (exact) mass is 397 g/mol. The Morgan fingerprint density at radius 2 is 1.83 bits per heavy atom. The topological polar surface area (TPSA) is 128 Å². The molecule has 0 radical (unpaired) electrons. The normalized spacial score (nSPS) is 10.8. The number of hydrogen-bond donors (Lipinski definition) is 2. The number of anilines is 1. The van der Waals surface area contributed by atoms with E-state index in [9.17, 15) is 9.59 Å². The molecule has 3 rings (SSSR count). The van der Waals surface area contributed by atoms with Crippen LogP contribution < -0.4 is 5.32 Å². The standard InChI is InChI=1S/C19H23N7O3/c1-5-6-14-9-15(24-23-14)18(28)29-10-17(27)22-16-8-13(4)25-26(16)19-20-11(2)7-12(3)21-19/h7-9H,5-6,10H2,1-4H3,(H,22,27)(H,23,24). The predicted molar refractivity (Wildman–Crippen MR) is 105 cm³/mol. The number of aromatic nitrogens is 6. The number of aromatic amines is 1. The molecule has 0 bridgehead atoms. The highest BCUT2D eigenvalue weighted by molar-refractivity contribution is 5.94. The Morgan fingerprint density at radius 3 is 2.52 bits per heavy atom. The molecule has 0 saturated carbocycles. The zero-order valence-corrected chi connectivity index (χ0v) is 16.8. The summed E-state index contributed by atoms with van der Waals surface area (Å²) in [5.74, 6) is -0.435. The van der Waals surface area contributed by atoms with Crippen molar-refractivity contribution in [2.75, 3.05) is 11.9 Å². The summed E-state index contributed by atoms with van der Waals surface area (Å²) in [6.07, 6.45) is 1.71. The minimum absolute atomic E-state index is 0.144. The Hall–Kier alpha value is -3.56. The third-order valence-electron chi connectivity index (χ3n) is 3.95. The zero-order chi connectivity index (χ0) is 21.0. The van der Waals surface area contributed by atoms with E-state index in [1.54, 1.807) is 19.1 Å². The summed E-state index contributed by atoms with van der Waals surface area (Å²) in [5, 5.41) is 13.7. The number of H-pyrrole nitrogens is 1. The Morgan fingerprint density at radius 1 is 1.10 bits per heavy atom. The lowest BCUT2D eigenvalue weighted by atomic mass is 10.2. The molecule has 3 heterocycles. The lowest BCUT2D eigenvalue weighted by Crippen LogP contribution is -2.23. The van der Waals surface area contributed by atoms with E-state index in [1.165, 1.54) is 4.68 Å². The van der Waals surface area contributed by atoms with Gasteiger partial charge in [0, 0.05) is 23.1 Å². The second-order valence-corrected chi connectivity index (χ2v) is 6.69. The van der Waals surface area contributed by atoms with Gasteiger partial charge in [-0.15, -0.1) is 0 Å². The summed E-state index contributed by atoms with van der Waals surface area (Å²) in [6, 6.07) is 5.16. The molecule has 0 saturated heterocycles. The second-order valence-electron chi connectivity index (χ2n) is 6.69. The summed E-state index contributed by atoms with van der Waals surface area (Å²) in [4.78, 5) is 33.1. The Bertz CT molecular complexity index is 1020. The van der Waals surface area contributed by atoms with Gasteiger partial charge in [0.15, 0.2) is 12.3 Å². The zero-order valence-electron chi connectivity index (χ0n) is 16.8. The van der Waals surface area contributed by atoms with E-state index in [1.807, 2.05) is 26.8 Å². The van der Waals surface area contributed by atoms with Gasteiger partial charge in [0.05, 0.1) is 5.69 Å². The van der Waals surface area contributed by atoms with Crippen LogP contribution in [0.2, 0.25) is 0 Å². The highest BCUT2D eigenvalue weighted by Gasteiger charge is 2.17. The second kappa shape index (κ2) is 8.63. The average molecular weight is 397 g/mol. The van der Waals surface area contributed by atoms with E-state index in [0.29, 0.717) is 17.5 Å². The molecule has 29 heavy (non-hydrogen) atoms. The molecule has 10 heteroatoms. The van der Waals surface area contributed by atoms with E-state index < -0.39 is 18.5 Å². The van der Waals surface area contributed by atoms with Gasteiger partial charge in [-0.3, -0.25) is 9.89 Å². The van der Waals surface area contributed by atoms with Crippen molar-refractivity contribution in [1.82, 2.24) is 29.9 Å². The van der Waals surface area contributed by atoms with Crippen LogP contribution in [0.25, 0.3) is 5.95 Å². The van der Waals surface area contributed by atoms with Crippen molar-refractivity contribution in [2.45, 2.75) is 40.5 Å². The van der Waals surface area contributed by atoms with E-state index in [-0.39, 0.29) is 5.69 Å². The highest BCUT2D eigenvalue weighted by Crippen LogP contribution is 2.15. The first kappa shape index (κ1) is 20.2. The van der Waals surface area contributed by atoms with Crippen molar-refractivity contribution < 1.29 is 14.3 Å². The molecule has 3 aromatic rings. The Kier molecular flexibility index (Phi) is 6.01. The predicted octanol–water partition coefficient (Wildman–Crippen LogP) is 2.06. The van der Waals surface area contributed by atoms with Crippen molar-refractivity contribution in [3.8, 4) is 5.95 Å². The van der Waals surface area contributed by atoms with Gasteiger partial charge in [-0.2, -0.15) is 14.9 Å². The van der Waals surface area contributed by atoms with Crippen LogP contribution in [0.1, 0.15) is 46.6 Å². The van der Waals surface area contributed by atoms with Crippen molar-refractivity contribution >= 4 is 17.7 Å². The number of aryl methyl sites for hydroxylation is 4. The van der Waals surface area contributed by atoms with Gasteiger partial charge in [0.2, 0.25) is 0 Å². The molecule has 0 aliphatic rings. The van der Waals surface area contributed by atoms with Crippen LogP contribution in [0, 0.1) is 20.8 Å². The number of carbonyl (C=O) groups excluding carboxylic acids is 2. The van der Waals surface area contributed by atoms with Crippen LogP contribution in [-0.4, -0.2) is 48.4 Å². The Balaban J connectivity index is 1.65. The molecule has 1 amide bonds. The van der Waals surface area contributed by atoms with Gasteiger partial charge in [0.1, 0.15) is 5.82 Å². The van der Waals surface area contributed by atoms with Crippen molar-refractivity contribution in [2.24, 2.45) is 0 Å². The third kappa shape index (κ3) is 5.03. The Labute approximate surface area is 167 Å². The van der Waals surface area contributed by atoms with E-state index in [0.717, 1.165) is 29.9 Å². The lowest BCUT2D eigenvalue weighted by Gasteiger charge is -2.09. The maximum Gasteiger partial charge on any atom is 0.359 e. The third-order valence-corrected chi connectivity index (χ3v) is 3.95. The minimum Gasteiger partial charge on any atom is -0.451 e. The molecular formula is C19H23N7O3. The molecule has 0 aromatic carbocycles. The molecule has 3 aromatic heterocycles. The van der Waals surface area contributed by atoms with E-state index >= 15 is 0 Å². The van der Waals surface area contributed by atoms with E-state index in [4.69, 9.17) is 4.74 Å². The first-order valence-electron chi connectivity index (χ1n) is 9.26. The summed E-state index contributed by atoms with van der Waals surface area (Å²) < 4.78 is 6.49. The molecule has 10 nitrogen and oxygen atoms in total. The summed E-state index contributed by atoms with van der Waals surface area (Å²) in [5.41, 5.74) is 3.24. The molecule has 0 aliphatic carbocycles. The maximum atomic E-state index is 12.3. The molecule has 0 atom stereocenters. The molecule has 152 valence electrons. The van der Waals surface area contributed by atoms with Crippen LogP contribution in [0.4, 0.5) is 5.82 Å². The molecular weight excluding hydrogens is 374 g/mol. The van der Waals surface area contributed by atoms with Gasteiger partial charge in [0.25, 0.3) is 11.9 Å². The van der Waals surface area contributed by atoms with Gasteiger partial charge in [-0.05, 0) is 39.3 Å². The van der Waals surface area contributed by atoms with Crippen molar-refractivity contribution in [3.05, 3.63) is 46.7 Å². The number of nitrogens with zero attached hydrogens (tertiary/aromatic N) is 5. The van der Waals surface area contributed by atoms with Crippen LogP contribution >= 0.6 is 0 Å². The van der Waals surface area contributed by atoms with Gasteiger partial charge in [-0.25, -0.2) is 14.8 Å². The average Bonchev–Trinajstić information content (AvgIpc) is 3.26. The number of nitrogens with one attached hydrogen (secondary N) is 2. The fourth-order valence-corrected chi connectivity index (χ4v) is 2.79. The van der Waals surface area contributed by atoms with E-state index in [2.05, 4.69) is 30.6 Å². The van der Waals surface area contributed by atoms with Gasteiger partial charge in [-0.1, -0.05) is 13.3 Å². The maximum absolute atomic E-state index is 12.3. The fraction of sp³-hybridized carbons (Fsp3) is 0.368. The fourth-order valence-electron chi connectivity index (χ4n) is 2.79. The molecule has 0 fully saturated rings. The number of carbonyl (C=O) groups is 2. The molecule has 2 N–H and O–H groups in total. The smallest absolute Gasteiger partial charge is 0.359 e. The van der Waals surface area contributed by atoms with Gasteiger partial charge < -0.3 is 10.1 Å². The first-order chi connectivity index (χ1) is 13.9. The number of hydrogen-bond acceptors (Lipinski definition) is 7. The summed E-state index contributed by atoms with van der Waals surface area (Å²) in [7, 11) is 0. The summed E-state index contributed by atoms with van der Waals surface area (Å²) in [6.45, 7) is 7.08. The quantitative estimate of drug-likeness (QED) is 0.584. The van der Waals surface area contributed by atoms with Crippen LogP contribution in [0.15, 0.2) is 18.2 Å². The number of amides is 1. The number of esters is 1. The molecule has 0 aliphatic heterocycles. The number of ether oxygens (including phenoxy) is 1. The van der Waals surface area contributed by atoms with Crippen molar-refractivity contribution in [1.29, 1.82) is 0 Å². The molecule has 0 unspecified atom stereocenters. The van der Waals surface area contributed by atoms with Gasteiger partial charge >= 0.3 is 5.97 Å². The largest absolute Gasteiger partial charge is 0.451 e. The molecule has 0 spiro atoms. The van der Waals surface area contributed by atoms with Crippen LogP contribution in [0.5, 0.6) is 0 Å². The summed E-state index contributed by atoms with van der Waals surface area (Å²) >= 11 is 0.